The standard InChI is InChI=1S/C16H24N2O2/c1-12(2)18(9-4-10-19)16(20)15-6-3-5-13-11-17-8-7-14(13)15/h3,5-6,12,17,19H,4,7-11H2,1-2H3. The van der Waals surface area contributed by atoms with Crippen molar-refractivity contribution in [3.05, 3.63) is 34.9 Å². The van der Waals surface area contributed by atoms with E-state index >= 15 is 0 Å². The lowest BCUT2D eigenvalue weighted by atomic mass is 9.94. The fourth-order valence-corrected chi connectivity index (χ4v) is 2.72. The molecule has 1 amide bonds. The molecule has 0 saturated carbocycles. The number of benzene rings is 1. The van der Waals surface area contributed by atoms with Crippen LogP contribution in [0.3, 0.4) is 0 Å². The Morgan fingerprint density at radius 2 is 2.25 bits per heavy atom. The van der Waals surface area contributed by atoms with Gasteiger partial charge in [0.1, 0.15) is 0 Å². The molecule has 0 unspecified atom stereocenters. The lowest BCUT2D eigenvalue weighted by molar-refractivity contribution is 0.0691. The van der Waals surface area contributed by atoms with Gasteiger partial charge < -0.3 is 15.3 Å². The molecule has 2 rings (SSSR count). The molecular formula is C16H24N2O2. The molecule has 4 nitrogen and oxygen atoms in total. The van der Waals surface area contributed by atoms with E-state index in [0.29, 0.717) is 13.0 Å². The topological polar surface area (TPSA) is 52.6 Å². The van der Waals surface area contributed by atoms with Crippen molar-refractivity contribution in [2.45, 2.75) is 39.3 Å². The molecule has 0 fully saturated rings. The first-order valence-corrected chi connectivity index (χ1v) is 7.38. The summed E-state index contributed by atoms with van der Waals surface area (Å²) in [6.45, 7) is 6.53. The van der Waals surface area contributed by atoms with Crippen molar-refractivity contribution in [1.82, 2.24) is 10.2 Å². The predicted molar refractivity (Wildman–Crippen MR) is 79.7 cm³/mol. The maximum absolute atomic E-state index is 12.8. The van der Waals surface area contributed by atoms with Gasteiger partial charge in [0, 0.05) is 31.3 Å². The zero-order chi connectivity index (χ0) is 14.5. The number of fused-ring (bicyclic) bond motifs is 1. The average Bonchev–Trinajstić information content (AvgIpc) is 2.46. The molecular weight excluding hydrogens is 252 g/mol. The molecule has 20 heavy (non-hydrogen) atoms. The van der Waals surface area contributed by atoms with E-state index in [1.807, 2.05) is 30.9 Å². The second-order valence-corrected chi connectivity index (χ2v) is 5.54. The summed E-state index contributed by atoms with van der Waals surface area (Å²) in [5.41, 5.74) is 3.24. The highest BCUT2D eigenvalue weighted by molar-refractivity contribution is 5.96. The van der Waals surface area contributed by atoms with Crippen LogP contribution in [0.25, 0.3) is 0 Å². The summed E-state index contributed by atoms with van der Waals surface area (Å²) in [5.74, 6) is 0.0900. The third-order valence-electron chi connectivity index (χ3n) is 3.81. The molecule has 0 aliphatic carbocycles. The minimum atomic E-state index is 0.0900. The SMILES string of the molecule is CC(C)N(CCCO)C(=O)c1cccc2c1CCNC2. The molecule has 0 spiro atoms. The molecule has 0 bridgehead atoms. The van der Waals surface area contributed by atoms with Crippen LogP contribution in [0.15, 0.2) is 18.2 Å². The summed E-state index contributed by atoms with van der Waals surface area (Å²) in [5, 5.41) is 12.3. The van der Waals surface area contributed by atoms with Gasteiger partial charge in [0.15, 0.2) is 0 Å². The molecule has 0 atom stereocenters. The summed E-state index contributed by atoms with van der Waals surface area (Å²) >= 11 is 0. The second-order valence-electron chi connectivity index (χ2n) is 5.54. The summed E-state index contributed by atoms with van der Waals surface area (Å²) in [6, 6.07) is 6.13. The van der Waals surface area contributed by atoms with Crippen molar-refractivity contribution in [3.63, 3.8) is 0 Å². The normalized spacial score (nSPS) is 14.2. The number of rotatable bonds is 5. The number of aliphatic hydroxyl groups excluding tert-OH is 1. The number of hydrogen-bond acceptors (Lipinski definition) is 3. The average molecular weight is 276 g/mol. The largest absolute Gasteiger partial charge is 0.396 e. The summed E-state index contributed by atoms with van der Waals surface area (Å²) < 4.78 is 0. The quantitative estimate of drug-likeness (QED) is 0.858. The number of carbonyl (C=O) groups excluding carboxylic acids is 1. The smallest absolute Gasteiger partial charge is 0.254 e. The van der Waals surface area contributed by atoms with E-state index < -0.39 is 0 Å². The number of nitrogens with one attached hydrogen (secondary N) is 1. The molecule has 1 aliphatic rings. The summed E-state index contributed by atoms with van der Waals surface area (Å²) in [6.07, 6.45) is 1.53. The summed E-state index contributed by atoms with van der Waals surface area (Å²) in [7, 11) is 0. The van der Waals surface area contributed by atoms with Crippen LogP contribution in [-0.4, -0.2) is 41.7 Å². The van der Waals surface area contributed by atoms with E-state index in [0.717, 1.165) is 25.1 Å². The highest BCUT2D eigenvalue weighted by atomic mass is 16.3. The van der Waals surface area contributed by atoms with Gasteiger partial charge in [0.25, 0.3) is 5.91 Å². The Bertz CT molecular complexity index is 472. The molecule has 0 aromatic heterocycles. The molecule has 1 aliphatic heterocycles. The molecule has 1 heterocycles. The number of hydrogen-bond donors (Lipinski definition) is 2. The Morgan fingerprint density at radius 1 is 1.45 bits per heavy atom. The van der Waals surface area contributed by atoms with Crippen molar-refractivity contribution in [2.75, 3.05) is 19.7 Å². The Morgan fingerprint density at radius 3 is 2.95 bits per heavy atom. The van der Waals surface area contributed by atoms with Crippen molar-refractivity contribution >= 4 is 5.91 Å². The van der Waals surface area contributed by atoms with E-state index in [2.05, 4.69) is 11.4 Å². The minimum Gasteiger partial charge on any atom is -0.396 e. The zero-order valence-electron chi connectivity index (χ0n) is 12.4. The van der Waals surface area contributed by atoms with Gasteiger partial charge >= 0.3 is 0 Å². The Hall–Kier alpha value is -1.39. The third kappa shape index (κ3) is 3.19. The third-order valence-corrected chi connectivity index (χ3v) is 3.81. The van der Waals surface area contributed by atoms with Crippen molar-refractivity contribution in [3.8, 4) is 0 Å². The van der Waals surface area contributed by atoms with Crippen LogP contribution < -0.4 is 5.32 Å². The van der Waals surface area contributed by atoms with E-state index in [9.17, 15) is 4.79 Å². The van der Waals surface area contributed by atoms with Crippen LogP contribution in [0, 0.1) is 0 Å². The van der Waals surface area contributed by atoms with Crippen molar-refractivity contribution < 1.29 is 9.90 Å². The molecule has 0 radical (unpaired) electrons. The van der Waals surface area contributed by atoms with Crippen LogP contribution in [0.1, 0.15) is 41.8 Å². The van der Waals surface area contributed by atoms with Crippen molar-refractivity contribution in [1.29, 1.82) is 0 Å². The highest BCUT2D eigenvalue weighted by Crippen LogP contribution is 2.21. The van der Waals surface area contributed by atoms with Gasteiger partial charge in [0.2, 0.25) is 0 Å². The molecule has 0 saturated heterocycles. The van der Waals surface area contributed by atoms with Gasteiger partial charge in [0.05, 0.1) is 0 Å². The van der Waals surface area contributed by atoms with Gasteiger partial charge in [-0.05, 0) is 50.4 Å². The van der Waals surface area contributed by atoms with Crippen LogP contribution in [0.5, 0.6) is 0 Å². The van der Waals surface area contributed by atoms with E-state index in [-0.39, 0.29) is 18.6 Å². The van der Waals surface area contributed by atoms with Crippen LogP contribution >= 0.6 is 0 Å². The number of carbonyl (C=O) groups is 1. The van der Waals surface area contributed by atoms with Crippen LogP contribution in [-0.2, 0) is 13.0 Å². The maximum atomic E-state index is 12.8. The minimum absolute atomic E-state index is 0.0900. The van der Waals surface area contributed by atoms with Gasteiger partial charge in [-0.15, -0.1) is 0 Å². The fourth-order valence-electron chi connectivity index (χ4n) is 2.72. The zero-order valence-corrected chi connectivity index (χ0v) is 12.4. The predicted octanol–water partition coefficient (Wildman–Crippen LogP) is 1.57. The van der Waals surface area contributed by atoms with E-state index in [4.69, 9.17) is 5.11 Å². The maximum Gasteiger partial charge on any atom is 0.254 e. The van der Waals surface area contributed by atoms with Crippen molar-refractivity contribution in [2.24, 2.45) is 0 Å². The number of aliphatic hydroxyl groups is 1. The molecule has 1 aromatic rings. The Labute approximate surface area is 120 Å². The number of amides is 1. The fraction of sp³-hybridized carbons (Fsp3) is 0.562. The Balaban J connectivity index is 2.27. The molecule has 4 heteroatoms. The number of nitrogens with zero attached hydrogens (tertiary/aromatic N) is 1. The van der Waals surface area contributed by atoms with E-state index in [1.54, 1.807) is 0 Å². The van der Waals surface area contributed by atoms with Gasteiger partial charge in [-0.3, -0.25) is 4.79 Å². The first-order chi connectivity index (χ1) is 9.65. The first kappa shape index (κ1) is 15.0. The van der Waals surface area contributed by atoms with Gasteiger partial charge in [-0.2, -0.15) is 0 Å². The highest BCUT2D eigenvalue weighted by Gasteiger charge is 2.23. The first-order valence-electron chi connectivity index (χ1n) is 7.38. The monoisotopic (exact) mass is 276 g/mol. The van der Waals surface area contributed by atoms with Gasteiger partial charge in [-0.1, -0.05) is 12.1 Å². The summed E-state index contributed by atoms with van der Waals surface area (Å²) in [4.78, 5) is 14.6. The Kier molecular flexibility index (Phi) is 5.15. The molecule has 110 valence electrons. The van der Waals surface area contributed by atoms with Crippen LogP contribution in [0.4, 0.5) is 0 Å². The van der Waals surface area contributed by atoms with Gasteiger partial charge in [-0.25, -0.2) is 0 Å². The molecule has 1 aromatic carbocycles. The lowest BCUT2D eigenvalue weighted by Gasteiger charge is -2.29. The second kappa shape index (κ2) is 6.86. The molecule has 2 N–H and O–H groups in total. The lowest BCUT2D eigenvalue weighted by Crippen LogP contribution is -2.39. The van der Waals surface area contributed by atoms with Crippen LogP contribution in [0.2, 0.25) is 0 Å². The van der Waals surface area contributed by atoms with E-state index in [1.165, 1.54) is 11.1 Å².